The molecule has 0 saturated heterocycles. The number of methoxy groups -OCH3 is 1. The molecule has 112 valence electrons. The van der Waals surface area contributed by atoms with Gasteiger partial charge in [0.05, 0.1) is 13.2 Å². The number of halogens is 3. The lowest BCUT2D eigenvalue weighted by atomic mass is 9.99. The van der Waals surface area contributed by atoms with E-state index in [0.717, 1.165) is 5.56 Å². The molecule has 0 saturated carbocycles. The largest absolute Gasteiger partial charge is 0.573 e. The van der Waals surface area contributed by atoms with E-state index in [2.05, 4.69) is 4.74 Å². The highest BCUT2D eigenvalue weighted by Gasteiger charge is 2.31. The molecule has 0 radical (unpaired) electrons. The quantitative estimate of drug-likeness (QED) is 0.937. The summed E-state index contributed by atoms with van der Waals surface area (Å²) in [6.45, 7) is 0. The standard InChI is InChI=1S/C15H14F3NO2/c1-20-12-6-2-10(3-7-12)14(19)11-4-8-13(9-5-11)21-15(16,17)18/h2-9,14H,19H2,1H3/t14-/m1/s1. The highest BCUT2D eigenvalue weighted by Crippen LogP contribution is 2.26. The van der Waals surface area contributed by atoms with Crippen molar-refractivity contribution < 1.29 is 22.6 Å². The zero-order valence-electron chi connectivity index (χ0n) is 11.2. The van der Waals surface area contributed by atoms with Gasteiger partial charge < -0.3 is 15.2 Å². The lowest BCUT2D eigenvalue weighted by molar-refractivity contribution is -0.274. The smallest absolute Gasteiger partial charge is 0.497 e. The van der Waals surface area contributed by atoms with Crippen LogP contribution >= 0.6 is 0 Å². The van der Waals surface area contributed by atoms with Gasteiger partial charge in [-0.3, -0.25) is 0 Å². The summed E-state index contributed by atoms with van der Waals surface area (Å²) < 4.78 is 45.1. The van der Waals surface area contributed by atoms with Gasteiger partial charge in [-0.2, -0.15) is 0 Å². The second-order valence-corrected chi connectivity index (χ2v) is 4.37. The van der Waals surface area contributed by atoms with Crippen molar-refractivity contribution in [2.45, 2.75) is 12.4 Å². The zero-order valence-corrected chi connectivity index (χ0v) is 11.2. The third-order valence-corrected chi connectivity index (χ3v) is 2.95. The summed E-state index contributed by atoms with van der Waals surface area (Å²) in [4.78, 5) is 0. The van der Waals surface area contributed by atoms with Gasteiger partial charge >= 0.3 is 6.36 Å². The van der Waals surface area contributed by atoms with Crippen LogP contribution in [0.15, 0.2) is 48.5 Å². The molecule has 0 aliphatic rings. The monoisotopic (exact) mass is 297 g/mol. The Labute approximate surface area is 120 Å². The van der Waals surface area contributed by atoms with Gasteiger partial charge in [0, 0.05) is 0 Å². The number of rotatable bonds is 4. The number of alkyl halides is 3. The summed E-state index contributed by atoms with van der Waals surface area (Å²) in [6.07, 6.45) is -4.69. The minimum Gasteiger partial charge on any atom is -0.497 e. The topological polar surface area (TPSA) is 44.5 Å². The molecule has 1 atom stereocenters. The van der Waals surface area contributed by atoms with E-state index in [1.807, 2.05) is 12.1 Å². The van der Waals surface area contributed by atoms with Crippen molar-refractivity contribution in [3.8, 4) is 11.5 Å². The molecule has 0 aromatic heterocycles. The van der Waals surface area contributed by atoms with Crippen molar-refractivity contribution in [2.75, 3.05) is 7.11 Å². The van der Waals surface area contributed by atoms with Crippen LogP contribution in [0.25, 0.3) is 0 Å². The summed E-state index contributed by atoms with van der Waals surface area (Å²) in [5.74, 6) is 0.438. The highest BCUT2D eigenvalue weighted by molar-refractivity contribution is 5.37. The molecule has 21 heavy (non-hydrogen) atoms. The van der Waals surface area contributed by atoms with Gasteiger partial charge in [0.2, 0.25) is 0 Å². The maximum absolute atomic E-state index is 12.1. The lowest BCUT2D eigenvalue weighted by Gasteiger charge is -2.14. The summed E-state index contributed by atoms with van der Waals surface area (Å²) in [7, 11) is 1.56. The Bertz CT molecular complexity index is 579. The van der Waals surface area contributed by atoms with Crippen LogP contribution in [0.5, 0.6) is 11.5 Å². The van der Waals surface area contributed by atoms with E-state index in [0.29, 0.717) is 11.3 Å². The molecule has 0 heterocycles. The first kappa shape index (κ1) is 15.2. The molecule has 0 bridgehead atoms. The molecule has 0 spiro atoms. The van der Waals surface area contributed by atoms with Gasteiger partial charge in [0.1, 0.15) is 11.5 Å². The molecule has 0 amide bonds. The molecule has 2 N–H and O–H groups in total. The first-order valence-corrected chi connectivity index (χ1v) is 6.14. The van der Waals surface area contributed by atoms with Crippen LogP contribution < -0.4 is 15.2 Å². The van der Waals surface area contributed by atoms with Crippen molar-refractivity contribution in [1.29, 1.82) is 0 Å². The van der Waals surface area contributed by atoms with Crippen LogP contribution in [-0.2, 0) is 0 Å². The molecule has 0 aliphatic carbocycles. The molecule has 2 rings (SSSR count). The maximum atomic E-state index is 12.1. The predicted octanol–water partition coefficient (Wildman–Crippen LogP) is 3.64. The van der Waals surface area contributed by atoms with Gasteiger partial charge in [-0.05, 0) is 35.4 Å². The van der Waals surface area contributed by atoms with Crippen molar-refractivity contribution in [1.82, 2.24) is 0 Å². The minimum absolute atomic E-state index is 0.270. The first-order valence-electron chi connectivity index (χ1n) is 6.14. The molecule has 0 fully saturated rings. The summed E-state index contributed by atoms with van der Waals surface area (Å²) in [5.41, 5.74) is 7.60. The Morgan fingerprint density at radius 2 is 1.29 bits per heavy atom. The number of hydrogen-bond donors (Lipinski definition) is 1. The third-order valence-electron chi connectivity index (χ3n) is 2.95. The van der Waals surface area contributed by atoms with Crippen LogP contribution in [0.1, 0.15) is 17.2 Å². The molecule has 0 aliphatic heterocycles. The average Bonchev–Trinajstić information content (AvgIpc) is 2.46. The Balaban J connectivity index is 2.13. The summed E-state index contributed by atoms with van der Waals surface area (Å²) >= 11 is 0. The third kappa shape index (κ3) is 4.13. The first-order chi connectivity index (χ1) is 9.89. The predicted molar refractivity (Wildman–Crippen MR) is 72.1 cm³/mol. The summed E-state index contributed by atoms with van der Waals surface area (Å²) in [6, 6.07) is 12.2. The maximum Gasteiger partial charge on any atom is 0.573 e. The fraction of sp³-hybridized carbons (Fsp3) is 0.200. The van der Waals surface area contributed by atoms with E-state index in [-0.39, 0.29) is 5.75 Å². The fourth-order valence-corrected chi connectivity index (χ4v) is 1.88. The normalized spacial score (nSPS) is 12.8. The van der Waals surface area contributed by atoms with E-state index >= 15 is 0 Å². The van der Waals surface area contributed by atoms with Crippen molar-refractivity contribution in [3.05, 3.63) is 59.7 Å². The van der Waals surface area contributed by atoms with Crippen LogP contribution in [0.2, 0.25) is 0 Å². The average molecular weight is 297 g/mol. The van der Waals surface area contributed by atoms with Gasteiger partial charge in [0.25, 0.3) is 0 Å². The molecular formula is C15H14F3NO2. The van der Waals surface area contributed by atoms with E-state index in [4.69, 9.17) is 10.5 Å². The molecule has 2 aromatic carbocycles. The summed E-state index contributed by atoms with van der Waals surface area (Å²) in [5, 5.41) is 0. The van der Waals surface area contributed by atoms with Crippen molar-refractivity contribution >= 4 is 0 Å². The number of hydrogen-bond acceptors (Lipinski definition) is 3. The second kappa shape index (κ2) is 6.05. The Kier molecular flexibility index (Phi) is 4.37. The minimum atomic E-state index is -4.69. The molecule has 3 nitrogen and oxygen atoms in total. The van der Waals surface area contributed by atoms with E-state index in [1.54, 1.807) is 19.2 Å². The Morgan fingerprint density at radius 1 is 0.857 bits per heavy atom. The Morgan fingerprint density at radius 3 is 1.67 bits per heavy atom. The number of nitrogens with two attached hydrogens (primary N) is 1. The van der Waals surface area contributed by atoms with Crippen molar-refractivity contribution in [2.24, 2.45) is 5.73 Å². The number of benzene rings is 2. The lowest BCUT2D eigenvalue weighted by Crippen LogP contribution is -2.17. The van der Waals surface area contributed by atoms with Crippen LogP contribution in [0, 0.1) is 0 Å². The molecule has 6 heteroatoms. The van der Waals surface area contributed by atoms with Gasteiger partial charge in [-0.15, -0.1) is 13.2 Å². The van der Waals surface area contributed by atoms with Crippen LogP contribution in [0.3, 0.4) is 0 Å². The van der Waals surface area contributed by atoms with Crippen LogP contribution in [-0.4, -0.2) is 13.5 Å². The van der Waals surface area contributed by atoms with Gasteiger partial charge in [0.15, 0.2) is 0 Å². The van der Waals surface area contributed by atoms with E-state index in [1.165, 1.54) is 24.3 Å². The van der Waals surface area contributed by atoms with Gasteiger partial charge in [-0.1, -0.05) is 24.3 Å². The molecule has 0 unspecified atom stereocenters. The highest BCUT2D eigenvalue weighted by atomic mass is 19.4. The molecular weight excluding hydrogens is 283 g/mol. The Hall–Kier alpha value is -2.21. The van der Waals surface area contributed by atoms with E-state index in [9.17, 15) is 13.2 Å². The second-order valence-electron chi connectivity index (χ2n) is 4.37. The fourth-order valence-electron chi connectivity index (χ4n) is 1.88. The SMILES string of the molecule is COc1ccc([C@@H](N)c2ccc(OC(F)(F)F)cc2)cc1. The van der Waals surface area contributed by atoms with Crippen molar-refractivity contribution in [3.63, 3.8) is 0 Å². The van der Waals surface area contributed by atoms with Crippen LogP contribution in [0.4, 0.5) is 13.2 Å². The van der Waals surface area contributed by atoms with E-state index < -0.39 is 12.4 Å². The van der Waals surface area contributed by atoms with Gasteiger partial charge in [-0.25, -0.2) is 0 Å². The zero-order chi connectivity index (χ0) is 15.5. The molecule has 2 aromatic rings. The number of ether oxygens (including phenoxy) is 2.